The van der Waals surface area contributed by atoms with Gasteiger partial charge in [-0.05, 0) is 38.0 Å². The van der Waals surface area contributed by atoms with Crippen LogP contribution >= 0.6 is 0 Å². The van der Waals surface area contributed by atoms with Crippen LogP contribution in [0.4, 0.5) is 5.69 Å². The minimum Gasteiger partial charge on any atom is -0.445 e. The minimum absolute atomic E-state index is 0.00758. The number of carbonyl (C=O) groups is 1. The summed E-state index contributed by atoms with van der Waals surface area (Å²) < 4.78 is 5.83. The lowest BCUT2D eigenvalue weighted by Crippen LogP contribution is -2.13. The molecular formula is C19H26N2O2. The summed E-state index contributed by atoms with van der Waals surface area (Å²) in [5.74, 6) is 1.51. The van der Waals surface area contributed by atoms with Crippen LogP contribution in [0.3, 0.4) is 0 Å². The van der Waals surface area contributed by atoms with Gasteiger partial charge in [0.1, 0.15) is 5.76 Å². The molecule has 0 bridgehead atoms. The van der Waals surface area contributed by atoms with Crippen molar-refractivity contribution in [3.63, 3.8) is 0 Å². The third kappa shape index (κ3) is 4.44. The molecule has 4 heteroatoms. The lowest BCUT2D eigenvalue weighted by molar-refractivity contribution is -0.116. The van der Waals surface area contributed by atoms with Crippen molar-refractivity contribution in [1.82, 2.24) is 4.98 Å². The molecule has 0 unspecified atom stereocenters. The van der Waals surface area contributed by atoms with E-state index in [1.807, 2.05) is 39.0 Å². The van der Waals surface area contributed by atoms with Gasteiger partial charge in [-0.3, -0.25) is 4.79 Å². The molecule has 0 saturated heterocycles. The molecule has 1 aromatic heterocycles. The summed E-state index contributed by atoms with van der Waals surface area (Å²) in [5.41, 5.74) is 3.82. The second kappa shape index (κ2) is 6.57. The predicted octanol–water partition coefficient (Wildman–Crippen LogP) is 4.47. The van der Waals surface area contributed by atoms with Gasteiger partial charge in [0.15, 0.2) is 5.89 Å². The quantitative estimate of drug-likeness (QED) is 0.906. The van der Waals surface area contributed by atoms with E-state index in [1.54, 1.807) is 0 Å². The van der Waals surface area contributed by atoms with Crippen LogP contribution in [0.5, 0.6) is 0 Å². The average Bonchev–Trinajstić information content (AvgIpc) is 2.82. The molecule has 0 radical (unpaired) electrons. The molecule has 0 aliphatic rings. The number of hydrogen-bond acceptors (Lipinski definition) is 3. The smallest absolute Gasteiger partial charge is 0.224 e. The molecule has 0 atom stereocenters. The molecule has 0 saturated carbocycles. The fourth-order valence-electron chi connectivity index (χ4n) is 2.29. The number of rotatable bonds is 4. The molecule has 4 nitrogen and oxygen atoms in total. The Kier molecular flexibility index (Phi) is 4.93. The topological polar surface area (TPSA) is 55.1 Å². The SMILES string of the molecule is Cc1ccc(C)c(NC(=O)CCc2oc(C(C)(C)C)nc2C)c1. The van der Waals surface area contributed by atoms with Crippen molar-refractivity contribution < 1.29 is 9.21 Å². The number of nitrogens with zero attached hydrogens (tertiary/aromatic N) is 1. The third-order valence-corrected chi connectivity index (χ3v) is 3.78. The molecule has 1 N–H and O–H groups in total. The lowest BCUT2D eigenvalue weighted by atomic mass is 9.97. The minimum atomic E-state index is -0.121. The standard InChI is InChI=1S/C19H26N2O2/c1-12-7-8-13(2)15(11-12)21-17(22)10-9-16-14(3)20-18(23-16)19(4,5)6/h7-8,11H,9-10H2,1-6H3,(H,21,22). The maximum absolute atomic E-state index is 12.2. The zero-order valence-corrected chi connectivity index (χ0v) is 14.9. The highest BCUT2D eigenvalue weighted by molar-refractivity contribution is 5.91. The normalized spacial score (nSPS) is 11.6. The van der Waals surface area contributed by atoms with E-state index < -0.39 is 0 Å². The molecule has 124 valence electrons. The summed E-state index contributed by atoms with van der Waals surface area (Å²) in [4.78, 5) is 16.7. The molecule has 1 aromatic carbocycles. The van der Waals surface area contributed by atoms with Crippen LogP contribution in [0.25, 0.3) is 0 Å². The van der Waals surface area contributed by atoms with Gasteiger partial charge in [-0.15, -0.1) is 0 Å². The molecule has 1 heterocycles. The molecule has 2 aromatic rings. The van der Waals surface area contributed by atoms with Gasteiger partial charge >= 0.3 is 0 Å². The van der Waals surface area contributed by atoms with E-state index in [9.17, 15) is 4.79 Å². The van der Waals surface area contributed by atoms with Crippen LogP contribution < -0.4 is 5.32 Å². The Morgan fingerprint density at radius 3 is 2.52 bits per heavy atom. The van der Waals surface area contributed by atoms with E-state index >= 15 is 0 Å². The monoisotopic (exact) mass is 314 g/mol. The van der Waals surface area contributed by atoms with Gasteiger partial charge < -0.3 is 9.73 Å². The number of oxazole rings is 1. The number of amides is 1. The number of carbonyl (C=O) groups excluding carboxylic acids is 1. The number of anilines is 1. The van der Waals surface area contributed by atoms with Crippen molar-refractivity contribution in [3.05, 3.63) is 46.7 Å². The van der Waals surface area contributed by atoms with Crippen LogP contribution in [-0.4, -0.2) is 10.9 Å². The van der Waals surface area contributed by atoms with Gasteiger partial charge in [-0.2, -0.15) is 0 Å². The van der Waals surface area contributed by atoms with Crippen LogP contribution in [0.2, 0.25) is 0 Å². The van der Waals surface area contributed by atoms with Crippen LogP contribution in [-0.2, 0) is 16.6 Å². The zero-order valence-electron chi connectivity index (χ0n) is 14.9. The predicted molar refractivity (Wildman–Crippen MR) is 92.8 cm³/mol. The van der Waals surface area contributed by atoms with E-state index in [4.69, 9.17) is 4.42 Å². The summed E-state index contributed by atoms with van der Waals surface area (Å²) in [5, 5.41) is 2.98. The van der Waals surface area contributed by atoms with Crippen LogP contribution in [0.15, 0.2) is 22.6 Å². The van der Waals surface area contributed by atoms with Gasteiger partial charge in [0.2, 0.25) is 5.91 Å². The van der Waals surface area contributed by atoms with Crippen LogP contribution in [0, 0.1) is 20.8 Å². The Balaban J connectivity index is 2.00. The van der Waals surface area contributed by atoms with E-state index in [2.05, 4.69) is 31.1 Å². The second-order valence-corrected chi connectivity index (χ2v) is 7.14. The molecule has 23 heavy (non-hydrogen) atoms. The van der Waals surface area contributed by atoms with Gasteiger partial charge in [0.25, 0.3) is 0 Å². The van der Waals surface area contributed by atoms with Gasteiger partial charge in [-0.1, -0.05) is 32.9 Å². The Morgan fingerprint density at radius 1 is 1.22 bits per heavy atom. The van der Waals surface area contributed by atoms with Gasteiger partial charge in [0, 0.05) is 23.9 Å². The Labute approximate surface area is 138 Å². The Bertz CT molecular complexity index is 709. The number of nitrogens with one attached hydrogen (secondary N) is 1. The van der Waals surface area contributed by atoms with E-state index in [-0.39, 0.29) is 11.3 Å². The summed E-state index contributed by atoms with van der Waals surface area (Å²) in [6, 6.07) is 6.04. The van der Waals surface area contributed by atoms with Crippen molar-refractivity contribution >= 4 is 11.6 Å². The molecule has 2 rings (SSSR count). The summed E-state index contributed by atoms with van der Waals surface area (Å²) >= 11 is 0. The van der Waals surface area contributed by atoms with Crippen molar-refractivity contribution in [2.75, 3.05) is 5.32 Å². The number of benzene rings is 1. The van der Waals surface area contributed by atoms with Crippen molar-refractivity contribution in [3.8, 4) is 0 Å². The van der Waals surface area contributed by atoms with Crippen molar-refractivity contribution in [2.45, 2.75) is 59.8 Å². The van der Waals surface area contributed by atoms with Crippen molar-refractivity contribution in [1.29, 1.82) is 0 Å². The van der Waals surface area contributed by atoms with Crippen molar-refractivity contribution in [2.24, 2.45) is 0 Å². The highest BCUT2D eigenvalue weighted by atomic mass is 16.4. The highest BCUT2D eigenvalue weighted by Crippen LogP contribution is 2.24. The van der Waals surface area contributed by atoms with Gasteiger partial charge in [0.05, 0.1) is 5.69 Å². The molecule has 0 aliphatic carbocycles. The van der Waals surface area contributed by atoms with E-state index in [1.165, 1.54) is 0 Å². The second-order valence-electron chi connectivity index (χ2n) is 7.14. The first kappa shape index (κ1) is 17.3. The largest absolute Gasteiger partial charge is 0.445 e. The molecule has 0 fully saturated rings. The number of aromatic nitrogens is 1. The average molecular weight is 314 g/mol. The zero-order chi connectivity index (χ0) is 17.2. The third-order valence-electron chi connectivity index (χ3n) is 3.78. The fraction of sp³-hybridized carbons (Fsp3) is 0.474. The fourth-order valence-corrected chi connectivity index (χ4v) is 2.29. The van der Waals surface area contributed by atoms with E-state index in [0.29, 0.717) is 12.8 Å². The number of hydrogen-bond donors (Lipinski definition) is 1. The summed E-state index contributed by atoms with van der Waals surface area (Å²) in [6.07, 6.45) is 0.943. The van der Waals surface area contributed by atoms with Gasteiger partial charge in [-0.25, -0.2) is 4.98 Å². The van der Waals surface area contributed by atoms with E-state index in [0.717, 1.165) is 34.2 Å². The van der Waals surface area contributed by atoms with Crippen LogP contribution in [0.1, 0.15) is 55.7 Å². The molecule has 0 aliphatic heterocycles. The maximum atomic E-state index is 12.2. The molecular weight excluding hydrogens is 288 g/mol. The Morgan fingerprint density at radius 2 is 1.91 bits per heavy atom. The first-order valence-corrected chi connectivity index (χ1v) is 8.00. The molecule has 0 spiro atoms. The summed E-state index contributed by atoms with van der Waals surface area (Å²) in [6.45, 7) is 12.1. The maximum Gasteiger partial charge on any atom is 0.224 e. The lowest BCUT2D eigenvalue weighted by Gasteiger charge is -2.12. The highest BCUT2D eigenvalue weighted by Gasteiger charge is 2.22. The summed E-state index contributed by atoms with van der Waals surface area (Å²) in [7, 11) is 0. The first-order chi connectivity index (χ1) is 10.7. The first-order valence-electron chi connectivity index (χ1n) is 8.00. The molecule has 1 amide bonds. The Hall–Kier alpha value is -2.10. The number of aryl methyl sites for hydroxylation is 4.